The van der Waals surface area contributed by atoms with Crippen LogP contribution in [0.15, 0.2) is 70.0 Å². The highest BCUT2D eigenvalue weighted by atomic mass is 79.9. The van der Waals surface area contributed by atoms with Gasteiger partial charge in [-0.2, -0.15) is 0 Å². The number of benzene rings is 3. The minimum atomic E-state index is -3.67. The van der Waals surface area contributed by atoms with Crippen LogP contribution in [0.2, 0.25) is 0 Å². The summed E-state index contributed by atoms with van der Waals surface area (Å²) in [6, 6.07) is 18.1. The molecule has 3 aromatic carbocycles. The van der Waals surface area contributed by atoms with Gasteiger partial charge in [0.05, 0.1) is 10.6 Å². The van der Waals surface area contributed by atoms with E-state index < -0.39 is 16.1 Å². The highest BCUT2D eigenvalue weighted by Gasteiger charge is 2.35. The highest BCUT2D eigenvalue weighted by Crippen LogP contribution is 2.42. The van der Waals surface area contributed by atoms with Gasteiger partial charge in [-0.15, -0.1) is 0 Å². The number of rotatable bonds is 9. The number of halogens is 1. The minimum Gasteiger partial charge on any atom is -0.352 e. The predicted molar refractivity (Wildman–Crippen MR) is 152 cm³/mol. The number of hydrogen-bond acceptors (Lipinski definition) is 4. The second-order valence-corrected chi connectivity index (χ2v) is 12.9. The Morgan fingerprint density at radius 2 is 1.79 bits per heavy atom. The summed E-state index contributed by atoms with van der Waals surface area (Å²) in [4.78, 5) is 28.5. The van der Waals surface area contributed by atoms with Crippen molar-refractivity contribution in [2.75, 3.05) is 10.8 Å². The van der Waals surface area contributed by atoms with Crippen LogP contribution in [0.25, 0.3) is 10.8 Å². The first-order valence-electron chi connectivity index (χ1n) is 13.1. The number of nitrogens with zero attached hydrogens (tertiary/aromatic N) is 2. The van der Waals surface area contributed by atoms with E-state index in [-0.39, 0.29) is 30.8 Å². The standard InChI is InChI=1S/C29H32BrN3O4S/c1-20(29(35)31-24-12-2-3-13-24)32(19-21-8-4-11-23(30)18-21)27(34)16-7-17-33-25-14-5-9-22-10-6-15-26(28(22)25)38(33,36)37/h4-6,8-11,14-15,18,20,24H,2-3,7,12-13,16-17,19H2,1H3,(H,31,35)/t20-/m0/s1. The van der Waals surface area contributed by atoms with Gasteiger partial charge in [-0.25, -0.2) is 8.42 Å². The molecule has 2 amide bonds. The van der Waals surface area contributed by atoms with Crippen LogP contribution in [-0.2, 0) is 26.2 Å². The fourth-order valence-electron chi connectivity index (χ4n) is 5.52. The number of sulfonamides is 1. The molecule has 9 heteroatoms. The second kappa shape index (κ2) is 11.1. The summed E-state index contributed by atoms with van der Waals surface area (Å²) in [6.45, 7) is 2.25. The molecule has 38 heavy (non-hydrogen) atoms. The molecular formula is C29H32BrN3O4S. The van der Waals surface area contributed by atoms with E-state index in [1.807, 2.05) is 48.5 Å². The van der Waals surface area contributed by atoms with Gasteiger partial charge in [0.2, 0.25) is 11.8 Å². The Kier molecular flexibility index (Phi) is 7.77. The number of anilines is 1. The molecule has 1 N–H and O–H groups in total. The van der Waals surface area contributed by atoms with Crippen LogP contribution in [0.5, 0.6) is 0 Å². The van der Waals surface area contributed by atoms with Crippen molar-refractivity contribution in [2.45, 2.75) is 69.0 Å². The molecule has 0 aromatic heterocycles. The number of nitrogens with one attached hydrogen (secondary N) is 1. The van der Waals surface area contributed by atoms with E-state index in [2.05, 4.69) is 21.2 Å². The normalized spacial score (nSPS) is 17.1. The van der Waals surface area contributed by atoms with E-state index >= 15 is 0 Å². The van der Waals surface area contributed by atoms with Crippen molar-refractivity contribution in [1.82, 2.24) is 10.2 Å². The third-order valence-corrected chi connectivity index (χ3v) is 9.89. The SMILES string of the molecule is C[C@@H](C(=O)NC1CCCC1)N(Cc1cccc(Br)c1)C(=O)CCCN1c2cccc3cccc(c23)S1(=O)=O. The minimum absolute atomic E-state index is 0.132. The average Bonchev–Trinajstić information content (AvgIpc) is 3.48. The van der Waals surface area contributed by atoms with E-state index in [4.69, 9.17) is 0 Å². The Morgan fingerprint density at radius 1 is 1.08 bits per heavy atom. The zero-order valence-electron chi connectivity index (χ0n) is 21.4. The van der Waals surface area contributed by atoms with Gasteiger partial charge in [-0.3, -0.25) is 13.9 Å². The van der Waals surface area contributed by atoms with Crippen molar-refractivity contribution in [3.63, 3.8) is 0 Å². The Balaban J connectivity index is 1.30. The van der Waals surface area contributed by atoms with Gasteiger partial charge >= 0.3 is 0 Å². The molecule has 0 saturated heterocycles. The van der Waals surface area contributed by atoms with E-state index in [9.17, 15) is 18.0 Å². The fourth-order valence-corrected chi connectivity index (χ4v) is 7.72. The molecule has 1 aliphatic carbocycles. The largest absolute Gasteiger partial charge is 0.352 e. The third-order valence-electron chi connectivity index (χ3n) is 7.54. The third kappa shape index (κ3) is 5.31. The molecule has 5 rings (SSSR count). The van der Waals surface area contributed by atoms with Gasteiger partial charge in [0.25, 0.3) is 10.0 Å². The monoisotopic (exact) mass is 597 g/mol. The number of carbonyl (C=O) groups excluding carboxylic acids is 2. The molecule has 1 heterocycles. The molecule has 0 unspecified atom stereocenters. The van der Waals surface area contributed by atoms with Gasteiger partial charge in [-0.05, 0) is 61.4 Å². The van der Waals surface area contributed by atoms with Crippen molar-refractivity contribution in [3.05, 3.63) is 70.7 Å². The summed E-state index contributed by atoms with van der Waals surface area (Å²) in [5.74, 6) is -0.323. The quantitative estimate of drug-likeness (QED) is 0.359. The second-order valence-electron chi connectivity index (χ2n) is 10.1. The number of carbonyl (C=O) groups is 2. The lowest BCUT2D eigenvalue weighted by Gasteiger charge is -2.30. The van der Waals surface area contributed by atoms with Gasteiger partial charge < -0.3 is 10.2 Å². The Morgan fingerprint density at radius 3 is 2.53 bits per heavy atom. The van der Waals surface area contributed by atoms with E-state index in [0.29, 0.717) is 23.5 Å². The summed E-state index contributed by atoms with van der Waals surface area (Å²) in [7, 11) is -3.67. The molecule has 1 saturated carbocycles. The molecule has 2 aliphatic rings. The zero-order valence-corrected chi connectivity index (χ0v) is 23.8. The van der Waals surface area contributed by atoms with E-state index in [1.165, 1.54) is 4.31 Å². The van der Waals surface area contributed by atoms with Crippen molar-refractivity contribution >= 4 is 54.2 Å². The van der Waals surface area contributed by atoms with E-state index in [0.717, 1.165) is 46.5 Å². The molecule has 0 spiro atoms. The molecule has 1 fully saturated rings. The first-order valence-corrected chi connectivity index (χ1v) is 15.4. The first kappa shape index (κ1) is 26.7. The Labute approximate surface area is 232 Å². The summed E-state index contributed by atoms with van der Waals surface area (Å²) < 4.78 is 28.9. The van der Waals surface area contributed by atoms with E-state index in [1.54, 1.807) is 24.0 Å². The first-order chi connectivity index (χ1) is 18.3. The summed E-state index contributed by atoms with van der Waals surface area (Å²) in [5, 5.41) is 4.72. The van der Waals surface area contributed by atoms with Crippen molar-refractivity contribution < 1.29 is 18.0 Å². The lowest BCUT2D eigenvalue weighted by molar-refractivity contribution is -0.141. The van der Waals surface area contributed by atoms with Crippen LogP contribution in [-0.4, -0.2) is 43.8 Å². The molecule has 1 atom stereocenters. The van der Waals surface area contributed by atoms with Crippen LogP contribution in [0.3, 0.4) is 0 Å². The lowest BCUT2D eigenvalue weighted by atomic mass is 10.1. The predicted octanol–water partition coefficient (Wildman–Crippen LogP) is 5.37. The Hall–Kier alpha value is -2.91. The molecule has 0 bridgehead atoms. The van der Waals surface area contributed by atoms with Crippen LogP contribution >= 0.6 is 15.9 Å². The van der Waals surface area contributed by atoms with Gasteiger partial charge in [0, 0.05) is 35.4 Å². The van der Waals surface area contributed by atoms with Gasteiger partial charge in [0.15, 0.2) is 0 Å². The van der Waals surface area contributed by atoms with Crippen molar-refractivity contribution in [3.8, 4) is 0 Å². The summed E-state index contributed by atoms with van der Waals surface area (Å²) in [5.41, 5.74) is 1.57. The molecular weight excluding hydrogens is 566 g/mol. The van der Waals surface area contributed by atoms with Crippen LogP contribution in [0.4, 0.5) is 5.69 Å². The summed E-state index contributed by atoms with van der Waals surface area (Å²) >= 11 is 3.48. The van der Waals surface area contributed by atoms with Gasteiger partial charge in [-0.1, -0.05) is 65.2 Å². The fraction of sp³-hybridized carbons (Fsp3) is 0.379. The average molecular weight is 599 g/mol. The van der Waals surface area contributed by atoms with Gasteiger partial charge in [0.1, 0.15) is 6.04 Å². The topological polar surface area (TPSA) is 86.8 Å². The van der Waals surface area contributed by atoms with Crippen molar-refractivity contribution in [1.29, 1.82) is 0 Å². The number of amides is 2. The number of hydrogen-bond donors (Lipinski definition) is 1. The van der Waals surface area contributed by atoms with Crippen molar-refractivity contribution in [2.24, 2.45) is 0 Å². The molecule has 200 valence electrons. The highest BCUT2D eigenvalue weighted by molar-refractivity contribution is 9.10. The molecule has 7 nitrogen and oxygen atoms in total. The molecule has 3 aromatic rings. The van der Waals surface area contributed by atoms with Crippen LogP contribution in [0.1, 0.15) is 51.0 Å². The maximum absolute atomic E-state index is 13.5. The Bertz CT molecular complexity index is 1460. The molecule has 0 radical (unpaired) electrons. The maximum Gasteiger partial charge on any atom is 0.265 e. The maximum atomic E-state index is 13.5. The summed E-state index contributed by atoms with van der Waals surface area (Å²) in [6.07, 6.45) is 4.63. The van der Waals surface area contributed by atoms with Crippen LogP contribution in [0, 0.1) is 0 Å². The molecule has 1 aliphatic heterocycles. The zero-order chi connectivity index (χ0) is 26.9. The van der Waals surface area contributed by atoms with Crippen LogP contribution < -0.4 is 9.62 Å². The smallest absolute Gasteiger partial charge is 0.265 e. The lowest BCUT2D eigenvalue weighted by Crippen LogP contribution is -2.49.